The highest BCUT2D eigenvalue weighted by Crippen LogP contribution is 2.26. The van der Waals surface area contributed by atoms with Crippen molar-refractivity contribution in [2.45, 2.75) is 37.1 Å². The Bertz CT molecular complexity index is 601. The lowest BCUT2D eigenvalue weighted by molar-refractivity contribution is 0.262. The van der Waals surface area contributed by atoms with Crippen molar-refractivity contribution in [3.05, 3.63) is 24.0 Å². The van der Waals surface area contributed by atoms with Gasteiger partial charge in [0.2, 0.25) is 10.0 Å². The number of hydrogen-bond acceptors (Lipinski definition) is 4. The number of rotatable bonds is 6. The largest absolute Gasteiger partial charge is 0.494 e. The minimum atomic E-state index is -3.70. The van der Waals surface area contributed by atoms with E-state index >= 15 is 0 Å². The molecule has 1 aromatic rings. The van der Waals surface area contributed by atoms with Gasteiger partial charge >= 0.3 is 0 Å². The molecule has 22 heavy (non-hydrogen) atoms. The van der Waals surface area contributed by atoms with E-state index in [1.54, 1.807) is 0 Å². The monoisotopic (exact) mass is 330 g/mol. The Kier molecular flexibility index (Phi) is 5.77. The SMILES string of the molecule is CCCN(C1CCNCC1)S(=O)(=O)c1ccc(OC)c(F)c1. The number of nitrogens with zero attached hydrogens (tertiary/aromatic N) is 1. The van der Waals surface area contributed by atoms with E-state index in [0.29, 0.717) is 6.54 Å². The van der Waals surface area contributed by atoms with E-state index < -0.39 is 15.8 Å². The van der Waals surface area contributed by atoms with Gasteiger partial charge in [-0.2, -0.15) is 4.31 Å². The molecule has 0 aromatic heterocycles. The van der Waals surface area contributed by atoms with Crippen LogP contribution in [0.1, 0.15) is 26.2 Å². The average Bonchev–Trinajstić information content (AvgIpc) is 2.53. The molecule has 1 saturated heterocycles. The van der Waals surface area contributed by atoms with E-state index in [2.05, 4.69) is 5.32 Å². The zero-order chi connectivity index (χ0) is 16.2. The first-order chi connectivity index (χ1) is 10.5. The van der Waals surface area contributed by atoms with Gasteiger partial charge in [-0.3, -0.25) is 0 Å². The van der Waals surface area contributed by atoms with E-state index in [1.807, 2.05) is 6.92 Å². The van der Waals surface area contributed by atoms with Crippen molar-refractivity contribution in [3.8, 4) is 5.75 Å². The third-order valence-electron chi connectivity index (χ3n) is 3.89. The molecule has 1 aliphatic rings. The fraction of sp³-hybridized carbons (Fsp3) is 0.600. The van der Waals surface area contributed by atoms with Gasteiger partial charge in [0.05, 0.1) is 12.0 Å². The minimum Gasteiger partial charge on any atom is -0.494 e. The molecule has 2 rings (SSSR count). The molecule has 1 heterocycles. The Balaban J connectivity index is 2.33. The topological polar surface area (TPSA) is 58.6 Å². The van der Waals surface area contributed by atoms with Gasteiger partial charge in [0.15, 0.2) is 11.6 Å². The van der Waals surface area contributed by atoms with Gasteiger partial charge in [-0.25, -0.2) is 12.8 Å². The Hall–Kier alpha value is -1.18. The fourth-order valence-electron chi connectivity index (χ4n) is 2.76. The zero-order valence-corrected chi connectivity index (χ0v) is 13.8. The van der Waals surface area contributed by atoms with E-state index in [9.17, 15) is 12.8 Å². The van der Waals surface area contributed by atoms with Crippen molar-refractivity contribution in [1.82, 2.24) is 9.62 Å². The van der Waals surface area contributed by atoms with Crippen LogP contribution in [-0.4, -0.2) is 45.5 Å². The van der Waals surface area contributed by atoms with Crippen LogP contribution in [0.4, 0.5) is 4.39 Å². The van der Waals surface area contributed by atoms with E-state index in [4.69, 9.17) is 4.74 Å². The second-order valence-electron chi connectivity index (χ2n) is 5.39. The second-order valence-corrected chi connectivity index (χ2v) is 7.28. The first kappa shape index (κ1) is 17.2. The maximum Gasteiger partial charge on any atom is 0.243 e. The molecule has 0 saturated carbocycles. The maximum atomic E-state index is 13.9. The standard InChI is InChI=1S/C15H23FN2O3S/c1-3-10-18(12-6-8-17-9-7-12)22(19,20)13-4-5-15(21-2)14(16)11-13/h4-5,11-12,17H,3,6-10H2,1-2H3. The number of sulfonamides is 1. The summed E-state index contributed by atoms with van der Waals surface area (Å²) in [5, 5.41) is 3.23. The lowest BCUT2D eigenvalue weighted by Crippen LogP contribution is -2.46. The van der Waals surface area contributed by atoms with Crippen LogP contribution in [0.15, 0.2) is 23.1 Å². The zero-order valence-electron chi connectivity index (χ0n) is 13.0. The lowest BCUT2D eigenvalue weighted by Gasteiger charge is -2.33. The highest BCUT2D eigenvalue weighted by molar-refractivity contribution is 7.89. The van der Waals surface area contributed by atoms with Crippen LogP contribution in [0.3, 0.4) is 0 Å². The Morgan fingerprint density at radius 3 is 2.59 bits per heavy atom. The van der Waals surface area contributed by atoms with Crippen molar-refractivity contribution in [2.24, 2.45) is 0 Å². The van der Waals surface area contributed by atoms with Gasteiger partial charge in [-0.05, 0) is 50.6 Å². The summed E-state index contributed by atoms with van der Waals surface area (Å²) in [5.74, 6) is -0.617. The molecule has 0 bridgehead atoms. The van der Waals surface area contributed by atoms with Gasteiger partial charge < -0.3 is 10.1 Å². The summed E-state index contributed by atoms with van der Waals surface area (Å²) in [4.78, 5) is -0.0159. The molecule has 1 aromatic carbocycles. The van der Waals surface area contributed by atoms with Crippen LogP contribution in [0.5, 0.6) is 5.75 Å². The van der Waals surface area contributed by atoms with Crippen LogP contribution < -0.4 is 10.1 Å². The Labute approximate surface area is 131 Å². The predicted octanol–water partition coefficient (Wildman–Crippen LogP) is 1.99. The molecule has 0 radical (unpaired) electrons. The van der Waals surface area contributed by atoms with Crippen LogP contribution in [0.25, 0.3) is 0 Å². The smallest absolute Gasteiger partial charge is 0.243 e. The summed E-state index contributed by atoms with van der Waals surface area (Å²) < 4.78 is 46.0. The van der Waals surface area contributed by atoms with Crippen LogP contribution >= 0.6 is 0 Å². The van der Waals surface area contributed by atoms with Gasteiger partial charge in [0.25, 0.3) is 0 Å². The number of nitrogens with one attached hydrogen (secondary N) is 1. The number of benzene rings is 1. The molecule has 1 N–H and O–H groups in total. The number of piperidine rings is 1. The highest BCUT2D eigenvalue weighted by atomic mass is 32.2. The van der Waals surface area contributed by atoms with Crippen molar-refractivity contribution in [2.75, 3.05) is 26.7 Å². The molecule has 0 aliphatic carbocycles. The molecule has 1 aliphatic heterocycles. The van der Waals surface area contributed by atoms with Gasteiger partial charge in [0.1, 0.15) is 0 Å². The number of halogens is 1. The first-order valence-electron chi connectivity index (χ1n) is 7.56. The van der Waals surface area contributed by atoms with Crippen LogP contribution in [-0.2, 0) is 10.0 Å². The highest BCUT2D eigenvalue weighted by Gasteiger charge is 2.32. The fourth-order valence-corrected chi connectivity index (χ4v) is 4.55. The summed E-state index contributed by atoms with van der Waals surface area (Å²) >= 11 is 0. The second kappa shape index (κ2) is 7.39. The molecule has 0 atom stereocenters. The minimum absolute atomic E-state index is 0.0159. The average molecular weight is 330 g/mol. The predicted molar refractivity (Wildman–Crippen MR) is 83.0 cm³/mol. The molecular weight excluding hydrogens is 307 g/mol. The van der Waals surface area contributed by atoms with Crippen molar-refractivity contribution >= 4 is 10.0 Å². The van der Waals surface area contributed by atoms with Gasteiger partial charge in [0, 0.05) is 12.6 Å². The van der Waals surface area contributed by atoms with Crippen LogP contribution in [0.2, 0.25) is 0 Å². The summed E-state index contributed by atoms with van der Waals surface area (Å²) in [6.07, 6.45) is 2.28. The summed E-state index contributed by atoms with van der Waals surface area (Å²) in [6, 6.07) is 3.77. The van der Waals surface area contributed by atoms with E-state index in [1.165, 1.54) is 23.5 Å². The Morgan fingerprint density at radius 1 is 1.36 bits per heavy atom. The van der Waals surface area contributed by atoms with Crippen molar-refractivity contribution in [1.29, 1.82) is 0 Å². The molecule has 0 amide bonds. The van der Waals surface area contributed by atoms with Crippen molar-refractivity contribution < 1.29 is 17.5 Å². The number of ether oxygens (including phenoxy) is 1. The molecule has 5 nitrogen and oxygen atoms in total. The third-order valence-corrected chi connectivity index (χ3v) is 5.84. The number of methoxy groups -OCH3 is 1. The lowest BCUT2D eigenvalue weighted by atomic mass is 10.1. The first-order valence-corrected chi connectivity index (χ1v) is 9.00. The maximum absolute atomic E-state index is 13.9. The normalized spacial score (nSPS) is 16.9. The summed E-state index contributed by atoms with van der Waals surface area (Å²) in [7, 11) is -2.35. The molecule has 124 valence electrons. The summed E-state index contributed by atoms with van der Waals surface area (Å²) in [6.45, 7) is 3.99. The van der Waals surface area contributed by atoms with E-state index in [0.717, 1.165) is 38.4 Å². The van der Waals surface area contributed by atoms with Crippen LogP contribution in [0, 0.1) is 5.82 Å². The molecule has 7 heteroatoms. The summed E-state index contributed by atoms with van der Waals surface area (Å²) in [5.41, 5.74) is 0. The molecule has 0 spiro atoms. The van der Waals surface area contributed by atoms with Gasteiger partial charge in [-0.1, -0.05) is 6.92 Å². The third kappa shape index (κ3) is 3.59. The van der Waals surface area contributed by atoms with E-state index in [-0.39, 0.29) is 16.7 Å². The molecular formula is C15H23FN2O3S. The van der Waals surface area contributed by atoms with Crippen molar-refractivity contribution in [3.63, 3.8) is 0 Å². The number of hydrogen-bond donors (Lipinski definition) is 1. The molecule has 0 unspecified atom stereocenters. The Morgan fingerprint density at radius 2 is 2.05 bits per heavy atom. The quantitative estimate of drug-likeness (QED) is 0.866. The molecule has 1 fully saturated rings. The van der Waals surface area contributed by atoms with Gasteiger partial charge in [-0.15, -0.1) is 0 Å².